The Labute approximate surface area is 79.7 Å². The van der Waals surface area contributed by atoms with Crippen LogP contribution < -0.4 is 0 Å². The van der Waals surface area contributed by atoms with Gasteiger partial charge < -0.3 is 4.90 Å². The monoisotopic (exact) mass is 186 g/mol. The molecule has 0 aromatic rings. The third-order valence-electron chi connectivity index (χ3n) is 3.36. The van der Waals surface area contributed by atoms with Crippen LogP contribution in [0.25, 0.3) is 0 Å². The smallest absolute Gasteiger partial charge is 0.103 e. The maximum atomic E-state index is 12.8. The first-order valence-corrected chi connectivity index (χ1v) is 5.40. The maximum absolute atomic E-state index is 12.8. The molecule has 2 aliphatic heterocycles. The summed E-state index contributed by atoms with van der Waals surface area (Å²) in [5, 5.41) is 0. The van der Waals surface area contributed by atoms with Crippen molar-refractivity contribution in [2.24, 2.45) is 0 Å². The van der Waals surface area contributed by atoms with Crippen LogP contribution in [0.2, 0.25) is 0 Å². The van der Waals surface area contributed by atoms with Crippen LogP contribution in [-0.4, -0.2) is 54.7 Å². The molecular weight excluding hydrogens is 167 g/mol. The number of hydrogen-bond donors (Lipinski definition) is 0. The van der Waals surface area contributed by atoms with Crippen molar-refractivity contribution in [2.45, 2.75) is 32.0 Å². The number of hydrogen-bond acceptors (Lipinski definition) is 2. The molecule has 2 saturated heterocycles. The number of rotatable bonds is 2. The molecule has 0 amide bonds. The molecule has 2 fully saturated rings. The van der Waals surface area contributed by atoms with Crippen molar-refractivity contribution >= 4 is 0 Å². The molecule has 0 aromatic heterocycles. The number of alkyl halides is 1. The van der Waals surface area contributed by atoms with E-state index >= 15 is 0 Å². The van der Waals surface area contributed by atoms with Gasteiger partial charge in [-0.05, 0) is 19.4 Å². The summed E-state index contributed by atoms with van der Waals surface area (Å²) >= 11 is 0. The largest absolute Gasteiger partial charge is 0.300 e. The van der Waals surface area contributed by atoms with Crippen LogP contribution in [0.3, 0.4) is 0 Å². The molecule has 3 heteroatoms. The molecular formula is C10H19FN2. The summed E-state index contributed by atoms with van der Waals surface area (Å²) in [6, 6.07) is 0.729. The lowest BCUT2D eigenvalue weighted by Crippen LogP contribution is -2.60. The van der Waals surface area contributed by atoms with E-state index in [1.165, 1.54) is 13.1 Å². The first-order valence-electron chi connectivity index (χ1n) is 5.40. The summed E-state index contributed by atoms with van der Waals surface area (Å²) in [6.45, 7) is 7.72. The average molecular weight is 186 g/mol. The van der Waals surface area contributed by atoms with Gasteiger partial charge in [-0.2, -0.15) is 0 Å². The number of piperidine rings is 1. The standard InChI is InChI=1S/C10H19FN2/c1-2-12-7-10(8-12)13-5-3-9(11)4-6-13/h9-10H,2-8H2,1H3. The first-order chi connectivity index (χ1) is 6.29. The fourth-order valence-corrected chi connectivity index (χ4v) is 2.26. The Balaban J connectivity index is 1.71. The van der Waals surface area contributed by atoms with E-state index in [4.69, 9.17) is 0 Å². The van der Waals surface area contributed by atoms with E-state index in [0.29, 0.717) is 0 Å². The molecule has 0 saturated carbocycles. The zero-order valence-electron chi connectivity index (χ0n) is 8.38. The van der Waals surface area contributed by atoms with E-state index in [9.17, 15) is 4.39 Å². The van der Waals surface area contributed by atoms with E-state index in [-0.39, 0.29) is 0 Å². The molecule has 0 N–H and O–H groups in total. The molecule has 2 nitrogen and oxygen atoms in total. The van der Waals surface area contributed by atoms with Gasteiger partial charge in [-0.15, -0.1) is 0 Å². The SMILES string of the molecule is CCN1CC(N2CCC(F)CC2)C1. The van der Waals surface area contributed by atoms with Crippen LogP contribution >= 0.6 is 0 Å². The molecule has 13 heavy (non-hydrogen) atoms. The summed E-state index contributed by atoms with van der Waals surface area (Å²) in [5.41, 5.74) is 0. The van der Waals surface area contributed by atoms with Crippen molar-refractivity contribution in [2.75, 3.05) is 32.7 Å². The second-order valence-electron chi connectivity index (χ2n) is 4.22. The van der Waals surface area contributed by atoms with E-state index < -0.39 is 6.17 Å². The molecule has 0 radical (unpaired) electrons. The molecule has 0 unspecified atom stereocenters. The Hall–Kier alpha value is -0.150. The Morgan fingerprint density at radius 2 is 1.85 bits per heavy atom. The van der Waals surface area contributed by atoms with Gasteiger partial charge in [-0.25, -0.2) is 4.39 Å². The van der Waals surface area contributed by atoms with Crippen LogP contribution in [0.5, 0.6) is 0 Å². The Morgan fingerprint density at radius 3 is 2.38 bits per heavy atom. The van der Waals surface area contributed by atoms with Crippen LogP contribution in [0.4, 0.5) is 4.39 Å². The van der Waals surface area contributed by atoms with Gasteiger partial charge in [0.1, 0.15) is 6.17 Å². The number of likely N-dealkylation sites (N-methyl/N-ethyl adjacent to an activating group) is 1. The molecule has 0 atom stereocenters. The fourth-order valence-electron chi connectivity index (χ4n) is 2.26. The minimum Gasteiger partial charge on any atom is -0.300 e. The van der Waals surface area contributed by atoms with Crippen molar-refractivity contribution in [3.8, 4) is 0 Å². The van der Waals surface area contributed by atoms with Gasteiger partial charge in [0.15, 0.2) is 0 Å². The second kappa shape index (κ2) is 3.93. The maximum Gasteiger partial charge on any atom is 0.103 e. The minimum absolute atomic E-state index is 0.529. The number of likely N-dealkylation sites (tertiary alicyclic amines) is 2. The zero-order chi connectivity index (χ0) is 9.26. The Morgan fingerprint density at radius 1 is 1.23 bits per heavy atom. The summed E-state index contributed by atoms with van der Waals surface area (Å²) in [6.07, 6.45) is 0.976. The molecule has 0 aromatic carbocycles. The van der Waals surface area contributed by atoms with Gasteiger partial charge in [0.2, 0.25) is 0 Å². The lowest BCUT2D eigenvalue weighted by molar-refractivity contribution is 0.0131. The lowest BCUT2D eigenvalue weighted by Gasteiger charge is -2.46. The van der Waals surface area contributed by atoms with E-state index in [1.54, 1.807) is 0 Å². The van der Waals surface area contributed by atoms with Crippen molar-refractivity contribution in [1.29, 1.82) is 0 Å². The zero-order valence-corrected chi connectivity index (χ0v) is 8.38. The highest BCUT2D eigenvalue weighted by molar-refractivity contribution is 4.89. The molecule has 76 valence electrons. The molecule has 2 rings (SSSR count). The lowest BCUT2D eigenvalue weighted by atomic mass is 10.0. The number of halogens is 1. The van der Waals surface area contributed by atoms with Crippen LogP contribution in [0.15, 0.2) is 0 Å². The third-order valence-corrected chi connectivity index (χ3v) is 3.36. The normalized spacial score (nSPS) is 29.1. The van der Waals surface area contributed by atoms with Crippen molar-refractivity contribution in [1.82, 2.24) is 9.80 Å². The third kappa shape index (κ3) is 2.02. The first kappa shape index (κ1) is 9.41. The molecule has 2 aliphatic rings. The average Bonchev–Trinajstić information content (AvgIpc) is 2.06. The quantitative estimate of drug-likeness (QED) is 0.638. The van der Waals surface area contributed by atoms with Crippen molar-refractivity contribution in [3.63, 3.8) is 0 Å². The predicted molar refractivity (Wildman–Crippen MR) is 51.6 cm³/mol. The molecule has 0 bridgehead atoms. The fraction of sp³-hybridized carbons (Fsp3) is 1.00. The van der Waals surface area contributed by atoms with Crippen LogP contribution in [-0.2, 0) is 0 Å². The summed E-state index contributed by atoms with van der Waals surface area (Å²) in [4.78, 5) is 4.90. The van der Waals surface area contributed by atoms with E-state index in [0.717, 1.165) is 38.5 Å². The van der Waals surface area contributed by atoms with Gasteiger partial charge >= 0.3 is 0 Å². The summed E-state index contributed by atoms with van der Waals surface area (Å²) < 4.78 is 12.8. The van der Waals surface area contributed by atoms with Gasteiger partial charge in [0.25, 0.3) is 0 Å². The van der Waals surface area contributed by atoms with Crippen LogP contribution in [0, 0.1) is 0 Å². The van der Waals surface area contributed by atoms with Crippen molar-refractivity contribution < 1.29 is 4.39 Å². The number of nitrogens with zero attached hydrogens (tertiary/aromatic N) is 2. The molecule has 0 spiro atoms. The van der Waals surface area contributed by atoms with E-state index in [1.807, 2.05) is 0 Å². The Bertz CT molecular complexity index is 160. The van der Waals surface area contributed by atoms with E-state index in [2.05, 4.69) is 16.7 Å². The topological polar surface area (TPSA) is 6.48 Å². The van der Waals surface area contributed by atoms with Gasteiger partial charge in [-0.3, -0.25) is 4.90 Å². The van der Waals surface area contributed by atoms with Crippen LogP contribution in [0.1, 0.15) is 19.8 Å². The van der Waals surface area contributed by atoms with Gasteiger partial charge in [0.05, 0.1) is 0 Å². The second-order valence-corrected chi connectivity index (χ2v) is 4.22. The molecule has 2 heterocycles. The van der Waals surface area contributed by atoms with Gasteiger partial charge in [-0.1, -0.05) is 6.92 Å². The predicted octanol–water partition coefficient (Wildman–Crippen LogP) is 1.12. The Kier molecular flexibility index (Phi) is 2.84. The summed E-state index contributed by atoms with van der Waals surface area (Å²) in [5.74, 6) is 0. The molecule has 0 aliphatic carbocycles. The highest BCUT2D eigenvalue weighted by Crippen LogP contribution is 2.20. The highest BCUT2D eigenvalue weighted by atomic mass is 19.1. The van der Waals surface area contributed by atoms with Gasteiger partial charge in [0, 0.05) is 32.2 Å². The minimum atomic E-state index is -0.529. The van der Waals surface area contributed by atoms with Crippen molar-refractivity contribution in [3.05, 3.63) is 0 Å². The summed E-state index contributed by atoms with van der Waals surface area (Å²) in [7, 11) is 0. The highest BCUT2D eigenvalue weighted by Gasteiger charge is 2.32.